The largest absolute Gasteiger partial charge is 0.329 e. The summed E-state index contributed by atoms with van der Waals surface area (Å²) in [5, 5.41) is 2.93. The Hall–Kier alpha value is -1.58. The van der Waals surface area contributed by atoms with Crippen LogP contribution < -0.4 is 5.32 Å². The Kier molecular flexibility index (Phi) is 5.33. The monoisotopic (exact) mass is 266 g/mol. The number of amides is 2. The summed E-state index contributed by atoms with van der Waals surface area (Å²) in [5.74, 6) is -0.292. The number of nitrogens with zero attached hydrogens (tertiary/aromatic N) is 1. The van der Waals surface area contributed by atoms with E-state index in [4.69, 9.17) is 0 Å². The van der Waals surface area contributed by atoms with E-state index in [9.17, 15) is 9.18 Å². The first-order chi connectivity index (χ1) is 8.86. The molecule has 0 spiro atoms. The van der Waals surface area contributed by atoms with Gasteiger partial charge in [0.1, 0.15) is 5.82 Å². The Morgan fingerprint density at radius 1 is 1.42 bits per heavy atom. The fraction of sp³-hybridized carbons (Fsp3) is 0.533. The zero-order chi connectivity index (χ0) is 14.5. The van der Waals surface area contributed by atoms with Crippen molar-refractivity contribution in [3.05, 3.63) is 35.6 Å². The van der Waals surface area contributed by atoms with Gasteiger partial charge >= 0.3 is 6.03 Å². The van der Waals surface area contributed by atoms with Crippen LogP contribution in [0.4, 0.5) is 9.18 Å². The number of nitrogens with one attached hydrogen (secondary N) is 1. The van der Waals surface area contributed by atoms with Gasteiger partial charge in [-0.3, -0.25) is 0 Å². The van der Waals surface area contributed by atoms with E-state index in [-0.39, 0.29) is 11.8 Å². The lowest BCUT2D eigenvalue weighted by Crippen LogP contribution is -2.47. The van der Waals surface area contributed by atoms with Crippen molar-refractivity contribution in [1.29, 1.82) is 0 Å². The third-order valence-corrected chi connectivity index (χ3v) is 3.16. The van der Waals surface area contributed by atoms with Crippen molar-refractivity contribution in [2.24, 2.45) is 0 Å². The standard InChI is InChI=1S/C15H23FN2O/c1-5-6-10-18(4)14(19)17-15(2,3)12-8-7-9-13(16)11-12/h7-9,11H,5-6,10H2,1-4H3,(H,17,19). The highest BCUT2D eigenvalue weighted by Gasteiger charge is 2.24. The van der Waals surface area contributed by atoms with E-state index < -0.39 is 5.54 Å². The second-order valence-electron chi connectivity index (χ2n) is 5.34. The second kappa shape index (κ2) is 6.55. The number of rotatable bonds is 5. The summed E-state index contributed by atoms with van der Waals surface area (Å²) in [6.07, 6.45) is 2.02. The van der Waals surface area contributed by atoms with E-state index in [0.717, 1.165) is 24.9 Å². The van der Waals surface area contributed by atoms with Crippen LogP contribution in [-0.2, 0) is 5.54 Å². The Labute approximate surface area is 114 Å². The molecule has 1 aromatic rings. The van der Waals surface area contributed by atoms with E-state index in [0.29, 0.717) is 0 Å². The molecule has 1 rings (SSSR count). The molecule has 0 radical (unpaired) electrons. The highest BCUT2D eigenvalue weighted by Crippen LogP contribution is 2.20. The Morgan fingerprint density at radius 2 is 2.11 bits per heavy atom. The molecule has 0 atom stereocenters. The smallest absolute Gasteiger partial charge is 0.317 e. The molecule has 19 heavy (non-hydrogen) atoms. The number of unbranched alkanes of at least 4 members (excludes halogenated alkanes) is 1. The van der Waals surface area contributed by atoms with Crippen molar-refractivity contribution in [2.45, 2.75) is 39.2 Å². The summed E-state index contributed by atoms with van der Waals surface area (Å²) in [6.45, 7) is 6.55. The van der Waals surface area contributed by atoms with Gasteiger partial charge in [0.15, 0.2) is 0 Å². The molecule has 0 fully saturated rings. The molecule has 2 amide bonds. The number of hydrogen-bond donors (Lipinski definition) is 1. The molecule has 1 N–H and O–H groups in total. The fourth-order valence-corrected chi connectivity index (χ4v) is 1.81. The summed E-state index contributed by atoms with van der Waals surface area (Å²) < 4.78 is 13.2. The van der Waals surface area contributed by atoms with Crippen molar-refractivity contribution in [1.82, 2.24) is 10.2 Å². The second-order valence-corrected chi connectivity index (χ2v) is 5.34. The van der Waals surface area contributed by atoms with Gasteiger partial charge in [-0.1, -0.05) is 25.5 Å². The van der Waals surface area contributed by atoms with E-state index in [1.54, 1.807) is 18.0 Å². The van der Waals surface area contributed by atoms with Crippen LogP contribution in [0.2, 0.25) is 0 Å². The van der Waals surface area contributed by atoms with Gasteiger partial charge in [0, 0.05) is 13.6 Å². The number of hydrogen-bond acceptors (Lipinski definition) is 1. The van der Waals surface area contributed by atoms with Crippen LogP contribution in [0, 0.1) is 5.82 Å². The summed E-state index contributed by atoms with van der Waals surface area (Å²) in [7, 11) is 1.77. The molecule has 0 aliphatic rings. The van der Waals surface area contributed by atoms with Crippen LogP contribution in [0.15, 0.2) is 24.3 Å². The first-order valence-electron chi connectivity index (χ1n) is 6.66. The predicted molar refractivity (Wildman–Crippen MR) is 75.5 cm³/mol. The number of halogens is 1. The number of benzene rings is 1. The number of carbonyl (C=O) groups is 1. The van der Waals surface area contributed by atoms with Crippen molar-refractivity contribution >= 4 is 6.03 Å². The minimum absolute atomic E-state index is 0.136. The van der Waals surface area contributed by atoms with Crippen molar-refractivity contribution in [3.8, 4) is 0 Å². The number of urea groups is 1. The zero-order valence-electron chi connectivity index (χ0n) is 12.2. The van der Waals surface area contributed by atoms with E-state index >= 15 is 0 Å². The number of carbonyl (C=O) groups excluding carboxylic acids is 1. The Bertz CT molecular complexity index is 432. The third-order valence-electron chi connectivity index (χ3n) is 3.16. The Morgan fingerprint density at radius 3 is 2.68 bits per heavy atom. The average Bonchev–Trinajstić information content (AvgIpc) is 2.35. The summed E-state index contributed by atoms with van der Waals surface area (Å²) in [5.41, 5.74) is 0.157. The first kappa shape index (κ1) is 15.5. The van der Waals surface area contributed by atoms with Crippen LogP contribution in [0.3, 0.4) is 0 Å². The maximum Gasteiger partial charge on any atom is 0.317 e. The maximum absolute atomic E-state index is 13.2. The molecule has 106 valence electrons. The summed E-state index contributed by atoms with van der Waals surface area (Å²) >= 11 is 0. The highest BCUT2D eigenvalue weighted by atomic mass is 19.1. The quantitative estimate of drug-likeness (QED) is 0.869. The van der Waals surface area contributed by atoms with Gasteiger partial charge in [0.25, 0.3) is 0 Å². The molecular formula is C15H23FN2O. The van der Waals surface area contributed by atoms with E-state index in [1.165, 1.54) is 12.1 Å². The van der Waals surface area contributed by atoms with Crippen molar-refractivity contribution < 1.29 is 9.18 Å². The van der Waals surface area contributed by atoms with Crippen molar-refractivity contribution in [2.75, 3.05) is 13.6 Å². The van der Waals surface area contributed by atoms with Gasteiger partial charge < -0.3 is 10.2 Å². The van der Waals surface area contributed by atoms with Crippen molar-refractivity contribution in [3.63, 3.8) is 0 Å². The van der Waals surface area contributed by atoms with E-state index in [1.807, 2.05) is 19.9 Å². The van der Waals surface area contributed by atoms with Gasteiger partial charge in [-0.15, -0.1) is 0 Å². The topological polar surface area (TPSA) is 32.3 Å². The summed E-state index contributed by atoms with van der Waals surface area (Å²) in [6, 6.07) is 6.18. The molecule has 0 aliphatic carbocycles. The summed E-state index contributed by atoms with van der Waals surface area (Å²) in [4.78, 5) is 13.7. The fourth-order valence-electron chi connectivity index (χ4n) is 1.81. The van der Waals surface area contributed by atoms with Crippen LogP contribution >= 0.6 is 0 Å². The zero-order valence-corrected chi connectivity index (χ0v) is 12.2. The van der Waals surface area contributed by atoms with Crippen LogP contribution in [-0.4, -0.2) is 24.5 Å². The average molecular weight is 266 g/mol. The maximum atomic E-state index is 13.2. The van der Waals surface area contributed by atoms with Gasteiger partial charge in [0.2, 0.25) is 0 Å². The minimum Gasteiger partial charge on any atom is -0.329 e. The first-order valence-corrected chi connectivity index (χ1v) is 6.66. The molecule has 3 nitrogen and oxygen atoms in total. The molecule has 0 saturated heterocycles. The van der Waals surface area contributed by atoms with Gasteiger partial charge in [-0.25, -0.2) is 9.18 Å². The molecule has 0 unspecified atom stereocenters. The molecule has 4 heteroatoms. The molecule has 0 bridgehead atoms. The Balaban J connectivity index is 2.71. The minimum atomic E-state index is -0.598. The third kappa shape index (κ3) is 4.54. The van der Waals surface area contributed by atoms with Crippen LogP contribution in [0.5, 0.6) is 0 Å². The normalized spacial score (nSPS) is 11.2. The molecular weight excluding hydrogens is 243 g/mol. The lowest BCUT2D eigenvalue weighted by atomic mass is 9.94. The molecule has 0 heterocycles. The molecule has 0 aromatic heterocycles. The lowest BCUT2D eigenvalue weighted by molar-refractivity contribution is 0.196. The molecule has 0 saturated carbocycles. The SMILES string of the molecule is CCCCN(C)C(=O)NC(C)(C)c1cccc(F)c1. The lowest BCUT2D eigenvalue weighted by Gasteiger charge is -2.30. The van der Waals surface area contributed by atoms with Gasteiger partial charge in [0.05, 0.1) is 5.54 Å². The van der Waals surface area contributed by atoms with Gasteiger partial charge in [-0.2, -0.15) is 0 Å². The highest BCUT2D eigenvalue weighted by molar-refractivity contribution is 5.74. The molecule has 1 aromatic carbocycles. The predicted octanol–water partition coefficient (Wildman–Crippen LogP) is 3.50. The van der Waals surface area contributed by atoms with E-state index in [2.05, 4.69) is 12.2 Å². The van der Waals surface area contributed by atoms with Gasteiger partial charge in [-0.05, 0) is 38.0 Å². The van der Waals surface area contributed by atoms with Crippen LogP contribution in [0.1, 0.15) is 39.2 Å². The molecule has 0 aliphatic heterocycles. The van der Waals surface area contributed by atoms with Crippen LogP contribution in [0.25, 0.3) is 0 Å².